The molecule has 164 valence electrons. The van der Waals surface area contributed by atoms with Crippen LogP contribution in [0.15, 0.2) is 23.2 Å². The van der Waals surface area contributed by atoms with Gasteiger partial charge in [0.1, 0.15) is 0 Å². The van der Waals surface area contributed by atoms with Crippen LogP contribution in [0.4, 0.5) is 0 Å². The smallest absolute Gasteiger partial charge is 0.191 e. The van der Waals surface area contributed by atoms with Crippen molar-refractivity contribution in [2.24, 2.45) is 4.99 Å². The number of benzene rings is 1. The van der Waals surface area contributed by atoms with E-state index in [-0.39, 0.29) is 5.75 Å². The van der Waals surface area contributed by atoms with Gasteiger partial charge in [-0.1, -0.05) is 12.1 Å². The number of para-hydroxylation sites is 1. The van der Waals surface area contributed by atoms with Gasteiger partial charge in [-0.25, -0.2) is 0 Å². The fourth-order valence-corrected chi connectivity index (χ4v) is 3.45. The Balaban J connectivity index is 1.79. The average molecular weight is 407 g/mol. The number of guanidine groups is 1. The van der Waals surface area contributed by atoms with Crippen molar-refractivity contribution in [3.05, 3.63) is 23.8 Å². The van der Waals surface area contributed by atoms with E-state index in [0.717, 1.165) is 57.2 Å². The lowest BCUT2D eigenvalue weighted by molar-refractivity contribution is 0.0532. The van der Waals surface area contributed by atoms with Crippen LogP contribution in [0.3, 0.4) is 0 Å². The molecule has 1 aromatic rings. The van der Waals surface area contributed by atoms with Crippen LogP contribution in [0.1, 0.15) is 39.2 Å². The maximum atomic E-state index is 10.2. The Morgan fingerprint density at radius 1 is 1.31 bits per heavy atom. The highest BCUT2D eigenvalue weighted by Gasteiger charge is 2.19. The number of aliphatic imine (C=N–C) groups is 1. The molecule has 0 aliphatic carbocycles. The van der Waals surface area contributed by atoms with Crippen LogP contribution in [0, 0.1) is 0 Å². The van der Waals surface area contributed by atoms with E-state index in [4.69, 9.17) is 14.5 Å². The Kier molecular flexibility index (Phi) is 10.1. The SMILES string of the molecule is CCNC(=NCCc1cccc(OC)c1O)NC1CCN(CCOC(C)C)CC1. The maximum absolute atomic E-state index is 10.2. The van der Waals surface area contributed by atoms with Crippen LogP contribution in [0.25, 0.3) is 0 Å². The van der Waals surface area contributed by atoms with Crippen molar-refractivity contribution in [1.29, 1.82) is 0 Å². The number of rotatable bonds is 10. The van der Waals surface area contributed by atoms with Crippen molar-refractivity contribution >= 4 is 5.96 Å². The number of aromatic hydroxyl groups is 1. The number of methoxy groups -OCH3 is 1. The van der Waals surface area contributed by atoms with E-state index in [1.54, 1.807) is 13.2 Å². The quantitative estimate of drug-likeness (QED) is 0.409. The fourth-order valence-electron chi connectivity index (χ4n) is 3.45. The molecule has 0 saturated carbocycles. The van der Waals surface area contributed by atoms with E-state index >= 15 is 0 Å². The standard InChI is InChI=1S/C22H38N4O3/c1-5-23-22(24-12-9-18-7-6-8-20(28-4)21(18)27)25-19-10-13-26(14-11-19)15-16-29-17(2)3/h6-8,17,19,27H,5,9-16H2,1-4H3,(H2,23,24,25). The first-order valence-electron chi connectivity index (χ1n) is 10.8. The maximum Gasteiger partial charge on any atom is 0.191 e. The summed E-state index contributed by atoms with van der Waals surface area (Å²) < 4.78 is 10.8. The molecule has 1 fully saturated rings. The largest absolute Gasteiger partial charge is 0.504 e. The van der Waals surface area contributed by atoms with E-state index in [9.17, 15) is 5.11 Å². The monoisotopic (exact) mass is 406 g/mol. The predicted molar refractivity (Wildman–Crippen MR) is 118 cm³/mol. The molecule has 0 bridgehead atoms. The van der Waals surface area contributed by atoms with Gasteiger partial charge in [-0.05, 0) is 51.7 Å². The summed E-state index contributed by atoms with van der Waals surface area (Å²) in [5.74, 6) is 1.55. The van der Waals surface area contributed by atoms with Crippen LogP contribution in [0.5, 0.6) is 11.5 Å². The highest BCUT2D eigenvalue weighted by atomic mass is 16.5. The molecule has 0 unspecified atom stereocenters. The second-order valence-electron chi connectivity index (χ2n) is 7.66. The van der Waals surface area contributed by atoms with Gasteiger partial charge < -0.3 is 30.1 Å². The molecule has 1 aliphatic heterocycles. The third-order valence-corrected chi connectivity index (χ3v) is 5.08. The lowest BCUT2D eigenvalue weighted by Gasteiger charge is -2.33. The van der Waals surface area contributed by atoms with Crippen LogP contribution >= 0.6 is 0 Å². The highest BCUT2D eigenvalue weighted by Crippen LogP contribution is 2.29. The lowest BCUT2D eigenvalue weighted by atomic mass is 10.1. The number of phenols is 1. The molecule has 3 N–H and O–H groups in total. The second kappa shape index (κ2) is 12.5. The Morgan fingerprint density at radius 2 is 2.07 bits per heavy atom. The van der Waals surface area contributed by atoms with E-state index in [1.807, 2.05) is 12.1 Å². The molecule has 0 spiro atoms. The number of nitrogens with zero attached hydrogens (tertiary/aromatic N) is 2. The summed E-state index contributed by atoms with van der Waals surface area (Å²) >= 11 is 0. The molecule has 1 aliphatic rings. The number of phenolic OH excluding ortho intramolecular Hbond substituents is 1. The summed E-state index contributed by atoms with van der Waals surface area (Å²) in [5, 5.41) is 17.1. The Labute approximate surface area is 175 Å². The van der Waals surface area contributed by atoms with Crippen molar-refractivity contribution < 1.29 is 14.6 Å². The predicted octanol–water partition coefficient (Wildman–Crippen LogP) is 2.39. The fraction of sp³-hybridized carbons (Fsp3) is 0.682. The summed E-state index contributed by atoms with van der Waals surface area (Å²) in [6, 6.07) is 5.99. The highest BCUT2D eigenvalue weighted by molar-refractivity contribution is 5.80. The normalized spacial score (nSPS) is 16.2. The van der Waals surface area contributed by atoms with E-state index in [1.165, 1.54) is 0 Å². The van der Waals surface area contributed by atoms with Gasteiger partial charge in [0.25, 0.3) is 0 Å². The third-order valence-electron chi connectivity index (χ3n) is 5.08. The molecule has 1 heterocycles. The summed E-state index contributed by atoms with van der Waals surface area (Å²) in [7, 11) is 1.56. The van der Waals surface area contributed by atoms with E-state index in [0.29, 0.717) is 30.9 Å². The Morgan fingerprint density at radius 3 is 2.72 bits per heavy atom. The van der Waals surface area contributed by atoms with Gasteiger partial charge in [0.2, 0.25) is 0 Å². The summed E-state index contributed by atoms with van der Waals surface area (Å²) in [4.78, 5) is 7.16. The van der Waals surface area contributed by atoms with E-state index in [2.05, 4.69) is 36.3 Å². The van der Waals surface area contributed by atoms with Crippen LogP contribution in [-0.2, 0) is 11.2 Å². The van der Waals surface area contributed by atoms with Gasteiger partial charge in [-0.3, -0.25) is 4.99 Å². The molecule has 2 rings (SSSR count). The summed E-state index contributed by atoms with van der Waals surface area (Å²) in [5.41, 5.74) is 0.848. The minimum atomic E-state index is 0.206. The number of hydrogen-bond donors (Lipinski definition) is 3. The molecular formula is C22H38N4O3. The zero-order valence-electron chi connectivity index (χ0n) is 18.4. The minimum absolute atomic E-state index is 0.206. The lowest BCUT2D eigenvalue weighted by Crippen LogP contribution is -2.49. The molecule has 0 amide bonds. The van der Waals surface area contributed by atoms with Gasteiger partial charge in [-0.2, -0.15) is 0 Å². The number of ether oxygens (including phenoxy) is 2. The molecule has 29 heavy (non-hydrogen) atoms. The number of likely N-dealkylation sites (tertiary alicyclic amines) is 1. The molecule has 1 aromatic carbocycles. The summed E-state index contributed by atoms with van der Waals surface area (Å²) in [6.45, 7) is 11.6. The van der Waals surface area contributed by atoms with Crippen molar-refractivity contribution in [1.82, 2.24) is 15.5 Å². The summed E-state index contributed by atoms with van der Waals surface area (Å²) in [6.07, 6.45) is 3.16. The molecule has 7 heteroatoms. The van der Waals surface area contributed by atoms with Crippen LogP contribution < -0.4 is 15.4 Å². The molecule has 0 aromatic heterocycles. The minimum Gasteiger partial charge on any atom is -0.504 e. The number of piperidine rings is 1. The van der Waals surface area contributed by atoms with Gasteiger partial charge >= 0.3 is 0 Å². The molecular weight excluding hydrogens is 368 g/mol. The number of nitrogens with one attached hydrogen (secondary N) is 2. The van der Waals surface area contributed by atoms with Gasteiger partial charge in [0.05, 0.1) is 19.8 Å². The van der Waals surface area contributed by atoms with Crippen molar-refractivity contribution in [2.75, 3.05) is 46.4 Å². The molecule has 7 nitrogen and oxygen atoms in total. The molecule has 1 saturated heterocycles. The van der Waals surface area contributed by atoms with E-state index < -0.39 is 0 Å². The Bertz CT molecular complexity index is 628. The van der Waals surface area contributed by atoms with Crippen molar-refractivity contribution in [2.45, 2.75) is 52.2 Å². The first-order valence-corrected chi connectivity index (χ1v) is 10.8. The Hall–Kier alpha value is -1.99. The topological polar surface area (TPSA) is 78.4 Å². The molecule has 0 radical (unpaired) electrons. The zero-order valence-corrected chi connectivity index (χ0v) is 18.4. The average Bonchev–Trinajstić information content (AvgIpc) is 2.70. The second-order valence-corrected chi connectivity index (χ2v) is 7.66. The van der Waals surface area contributed by atoms with Crippen molar-refractivity contribution in [3.8, 4) is 11.5 Å². The third kappa shape index (κ3) is 8.11. The van der Waals surface area contributed by atoms with Gasteiger partial charge in [0, 0.05) is 38.8 Å². The number of hydrogen-bond acceptors (Lipinski definition) is 5. The van der Waals surface area contributed by atoms with Crippen LogP contribution in [-0.4, -0.2) is 74.6 Å². The van der Waals surface area contributed by atoms with Crippen LogP contribution in [0.2, 0.25) is 0 Å². The van der Waals surface area contributed by atoms with Crippen molar-refractivity contribution in [3.63, 3.8) is 0 Å². The zero-order chi connectivity index (χ0) is 21.1. The first-order chi connectivity index (χ1) is 14.0. The van der Waals surface area contributed by atoms with Gasteiger partial charge in [0.15, 0.2) is 17.5 Å². The van der Waals surface area contributed by atoms with Gasteiger partial charge in [-0.15, -0.1) is 0 Å². The molecule has 0 atom stereocenters. The first kappa shape index (κ1) is 23.3.